The van der Waals surface area contributed by atoms with Crippen LogP contribution in [0.4, 0.5) is 0 Å². The summed E-state index contributed by atoms with van der Waals surface area (Å²) in [5.41, 5.74) is 3.83. The highest BCUT2D eigenvalue weighted by Crippen LogP contribution is 2.62. The standard InChI is InChI=1S/C16H24P2/c1-11-9-12(2)17(11)15-7-5-6-8-16(15)18-13(3)10-14(18)4/h5-8,11-14H,9-10H2,1-4H3/t11-,12-,13-,14-/m1/s1. The second-order valence-electron chi connectivity index (χ2n) is 6.17. The van der Waals surface area contributed by atoms with E-state index in [1.165, 1.54) is 12.8 Å². The quantitative estimate of drug-likeness (QED) is 0.709. The highest BCUT2D eigenvalue weighted by molar-refractivity contribution is 7.74. The Hall–Kier alpha value is 0.0800. The van der Waals surface area contributed by atoms with Gasteiger partial charge < -0.3 is 0 Å². The summed E-state index contributed by atoms with van der Waals surface area (Å²) in [5, 5.41) is 3.53. The summed E-state index contributed by atoms with van der Waals surface area (Å²) in [6.07, 6.45) is 2.89. The predicted octanol–water partition coefficient (Wildman–Crippen LogP) is 4.26. The van der Waals surface area contributed by atoms with E-state index in [2.05, 4.69) is 52.0 Å². The number of benzene rings is 1. The van der Waals surface area contributed by atoms with Crippen molar-refractivity contribution in [1.29, 1.82) is 0 Å². The molecule has 2 saturated heterocycles. The van der Waals surface area contributed by atoms with Gasteiger partial charge in [-0.15, -0.1) is 0 Å². The average Bonchev–Trinajstić information content (AvgIpc) is 2.31. The first kappa shape index (κ1) is 13.1. The van der Waals surface area contributed by atoms with Crippen LogP contribution in [-0.2, 0) is 0 Å². The lowest BCUT2D eigenvalue weighted by Crippen LogP contribution is -2.41. The minimum Gasteiger partial charge on any atom is -0.0688 e. The van der Waals surface area contributed by atoms with Crippen molar-refractivity contribution >= 4 is 26.5 Å². The van der Waals surface area contributed by atoms with E-state index in [1.54, 1.807) is 10.6 Å². The Balaban J connectivity index is 1.95. The van der Waals surface area contributed by atoms with Crippen molar-refractivity contribution in [3.63, 3.8) is 0 Å². The fourth-order valence-electron chi connectivity index (χ4n) is 3.89. The second kappa shape index (κ2) is 4.88. The van der Waals surface area contributed by atoms with E-state index in [9.17, 15) is 0 Å². The van der Waals surface area contributed by atoms with Crippen LogP contribution in [0.25, 0.3) is 0 Å². The first-order valence-corrected chi connectivity index (χ1v) is 10.2. The number of rotatable bonds is 2. The number of hydrogen-bond acceptors (Lipinski definition) is 0. The lowest BCUT2D eigenvalue weighted by molar-refractivity contribution is 0.711. The Labute approximate surface area is 114 Å². The molecule has 0 nitrogen and oxygen atoms in total. The van der Waals surface area contributed by atoms with Gasteiger partial charge in [-0.2, -0.15) is 0 Å². The van der Waals surface area contributed by atoms with E-state index in [4.69, 9.17) is 0 Å². The van der Waals surface area contributed by atoms with Crippen LogP contribution in [0.3, 0.4) is 0 Å². The van der Waals surface area contributed by atoms with E-state index >= 15 is 0 Å². The molecule has 0 amide bonds. The van der Waals surface area contributed by atoms with Crippen molar-refractivity contribution in [1.82, 2.24) is 0 Å². The van der Waals surface area contributed by atoms with Gasteiger partial charge in [0.25, 0.3) is 0 Å². The molecule has 2 heteroatoms. The van der Waals surface area contributed by atoms with Gasteiger partial charge in [0.15, 0.2) is 0 Å². The van der Waals surface area contributed by atoms with E-state index in [0.29, 0.717) is 0 Å². The molecule has 1 aromatic rings. The van der Waals surface area contributed by atoms with Crippen molar-refractivity contribution in [2.45, 2.75) is 63.2 Å². The summed E-state index contributed by atoms with van der Waals surface area (Å²) in [6, 6.07) is 9.44. The highest BCUT2D eigenvalue weighted by Gasteiger charge is 2.41. The summed E-state index contributed by atoms with van der Waals surface area (Å²) in [4.78, 5) is 0. The number of hydrogen-bond donors (Lipinski definition) is 0. The predicted molar refractivity (Wildman–Crippen MR) is 86.6 cm³/mol. The summed E-state index contributed by atoms with van der Waals surface area (Å²) in [6.45, 7) is 9.85. The minimum atomic E-state index is 0.138. The molecular weight excluding hydrogens is 254 g/mol. The Morgan fingerprint density at radius 1 is 0.722 bits per heavy atom. The molecule has 0 unspecified atom stereocenters. The topological polar surface area (TPSA) is 0 Å². The molecule has 18 heavy (non-hydrogen) atoms. The lowest BCUT2D eigenvalue weighted by atomic mass is 10.2. The molecule has 2 fully saturated rings. The minimum absolute atomic E-state index is 0.138. The van der Waals surface area contributed by atoms with Gasteiger partial charge in [-0.05, 0) is 46.1 Å². The zero-order valence-corrected chi connectivity index (χ0v) is 13.7. The molecule has 0 spiro atoms. The third-order valence-corrected chi connectivity index (χ3v) is 11.4. The van der Waals surface area contributed by atoms with Gasteiger partial charge in [-0.25, -0.2) is 0 Å². The lowest BCUT2D eigenvalue weighted by Gasteiger charge is -2.47. The van der Waals surface area contributed by atoms with E-state index in [0.717, 1.165) is 22.6 Å². The Morgan fingerprint density at radius 2 is 1.06 bits per heavy atom. The van der Waals surface area contributed by atoms with Gasteiger partial charge >= 0.3 is 0 Å². The van der Waals surface area contributed by atoms with E-state index < -0.39 is 0 Å². The fourth-order valence-corrected chi connectivity index (χ4v) is 10.8. The molecule has 2 heterocycles. The van der Waals surface area contributed by atoms with E-state index in [-0.39, 0.29) is 15.8 Å². The van der Waals surface area contributed by atoms with Gasteiger partial charge in [0.1, 0.15) is 0 Å². The van der Waals surface area contributed by atoms with E-state index in [1.807, 2.05) is 0 Å². The van der Waals surface area contributed by atoms with Crippen molar-refractivity contribution in [2.75, 3.05) is 0 Å². The van der Waals surface area contributed by atoms with Crippen molar-refractivity contribution in [3.8, 4) is 0 Å². The van der Waals surface area contributed by atoms with Crippen LogP contribution in [0.2, 0.25) is 0 Å². The first-order valence-electron chi connectivity index (χ1n) is 7.25. The van der Waals surface area contributed by atoms with Crippen LogP contribution in [0, 0.1) is 0 Å². The van der Waals surface area contributed by atoms with Crippen LogP contribution in [0.5, 0.6) is 0 Å². The van der Waals surface area contributed by atoms with Gasteiger partial charge in [0.05, 0.1) is 0 Å². The second-order valence-corrected chi connectivity index (χ2v) is 12.3. The van der Waals surface area contributed by atoms with Crippen molar-refractivity contribution < 1.29 is 0 Å². The third kappa shape index (κ3) is 1.97. The molecule has 0 radical (unpaired) electrons. The Morgan fingerprint density at radius 3 is 1.33 bits per heavy atom. The molecule has 0 N–H and O–H groups in total. The maximum absolute atomic E-state index is 2.46. The molecule has 4 atom stereocenters. The zero-order chi connectivity index (χ0) is 12.9. The van der Waals surface area contributed by atoms with Crippen molar-refractivity contribution in [3.05, 3.63) is 24.3 Å². The third-order valence-electron chi connectivity index (χ3n) is 4.70. The summed E-state index contributed by atoms with van der Waals surface area (Å²) in [5.74, 6) is 0. The molecule has 0 aliphatic carbocycles. The van der Waals surface area contributed by atoms with Crippen LogP contribution in [0.15, 0.2) is 24.3 Å². The maximum Gasteiger partial charge on any atom is -0.0158 e. The molecule has 0 bridgehead atoms. The largest absolute Gasteiger partial charge is 0.0688 e. The van der Waals surface area contributed by atoms with Crippen LogP contribution in [-0.4, -0.2) is 22.6 Å². The highest BCUT2D eigenvalue weighted by atomic mass is 31.1. The van der Waals surface area contributed by atoms with Gasteiger partial charge in [0, 0.05) is 0 Å². The molecule has 0 saturated carbocycles. The summed E-state index contributed by atoms with van der Waals surface area (Å²) >= 11 is 0. The normalized spacial score (nSPS) is 37.1. The molecule has 1 aromatic carbocycles. The molecule has 98 valence electrons. The molecule has 0 aromatic heterocycles. The maximum atomic E-state index is 2.46. The molecule has 2 aliphatic heterocycles. The Kier molecular flexibility index (Phi) is 3.55. The first-order chi connectivity index (χ1) is 8.59. The van der Waals surface area contributed by atoms with Crippen LogP contribution >= 0.6 is 15.8 Å². The monoisotopic (exact) mass is 278 g/mol. The molecule has 2 aliphatic rings. The molecular formula is C16H24P2. The fraction of sp³-hybridized carbons (Fsp3) is 0.625. The Bertz CT molecular complexity index is 385. The molecule has 3 rings (SSSR count). The van der Waals surface area contributed by atoms with Gasteiger partial charge in [-0.3, -0.25) is 0 Å². The van der Waals surface area contributed by atoms with Crippen molar-refractivity contribution in [2.24, 2.45) is 0 Å². The smallest absolute Gasteiger partial charge is 0.0158 e. The van der Waals surface area contributed by atoms with Crippen LogP contribution < -0.4 is 10.6 Å². The average molecular weight is 278 g/mol. The summed E-state index contributed by atoms with van der Waals surface area (Å²) < 4.78 is 0. The summed E-state index contributed by atoms with van der Waals surface area (Å²) in [7, 11) is 0.275. The van der Waals surface area contributed by atoms with Gasteiger partial charge in [0.2, 0.25) is 0 Å². The zero-order valence-electron chi connectivity index (χ0n) is 11.9. The van der Waals surface area contributed by atoms with Gasteiger partial charge in [-0.1, -0.05) is 67.8 Å². The SMILES string of the molecule is C[C@@H]1C[C@@H](C)P1c1ccccc1P1[C@H](C)C[C@H]1C. The van der Waals surface area contributed by atoms with Crippen LogP contribution in [0.1, 0.15) is 40.5 Å².